The molecule has 1 spiro atoms. The molecule has 1 fully saturated rings. The van der Waals surface area contributed by atoms with E-state index in [0.29, 0.717) is 25.2 Å². The maximum atomic E-state index is 12.8. The van der Waals surface area contributed by atoms with Gasteiger partial charge in [-0.2, -0.15) is 5.26 Å². The molecule has 3 heterocycles. The number of hydrogen-bond donors (Lipinski definition) is 0. The highest BCUT2D eigenvalue weighted by molar-refractivity contribution is 5.98. The molecule has 0 atom stereocenters. The van der Waals surface area contributed by atoms with Crippen molar-refractivity contribution in [2.45, 2.75) is 24.7 Å². The summed E-state index contributed by atoms with van der Waals surface area (Å²) in [6.07, 6.45) is 3.79. The molecule has 0 bridgehead atoms. The Balaban J connectivity index is 1.60. The SMILES string of the molecule is Cn1cccc1C(=O)N1CCC2(CC1)CC(=O)N(CC#N)c1ccccc12. The minimum absolute atomic E-state index is 0.00235. The summed E-state index contributed by atoms with van der Waals surface area (Å²) in [6.45, 7) is 1.33. The Bertz CT molecular complexity index is 932. The fourth-order valence-corrected chi connectivity index (χ4v) is 4.45. The van der Waals surface area contributed by atoms with Crippen molar-refractivity contribution < 1.29 is 9.59 Å². The molecule has 1 aromatic heterocycles. The zero-order chi connectivity index (χ0) is 19.0. The lowest BCUT2D eigenvalue weighted by Gasteiger charge is -2.47. The number of rotatable bonds is 2. The van der Waals surface area contributed by atoms with E-state index in [-0.39, 0.29) is 23.8 Å². The number of benzene rings is 1. The lowest BCUT2D eigenvalue weighted by atomic mass is 9.67. The Morgan fingerprint density at radius 1 is 1.19 bits per heavy atom. The average Bonchev–Trinajstić information content (AvgIpc) is 3.11. The molecule has 0 radical (unpaired) electrons. The Morgan fingerprint density at radius 2 is 1.93 bits per heavy atom. The molecule has 2 aliphatic rings. The van der Waals surface area contributed by atoms with Crippen molar-refractivity contribution in [3.8, 4) is 6.07 Å². The van der Waals surface area contributed by atoms with Crippen molar-refractivity contribution in [1.82, 2.24) is 9.47 Å². The summed E-state index contributed by atoms with van der Waals surface area (Å²) in [6, 6.07) is 13.7. The Morgan fingerprint density at radius 3 is 2.59 bits per heavy atom. The Hall–Kier alpha value is -3.07. The lowest BCUT2D eigenvalue weighted by Crippen LogP contribution is -2.51. The molecule has 2 aliphatic heterocycles. The molecule has 6 heteroatoms. The number of piperidine rings is 1. The van der Waals surface area contributed by atoms with Gasteiger partial charge in [0.15, 0.2) is 0 Å². The monoisotopic (exact) mass is 362 g/mol. The first-order chi connectivity index (χ1) is 13.1. The van der Waals surface area contributed by atoms with E-state index >= 15 is 0 Å². The number of anilines is 1. The third kappa shape index (κ3) is 2.80. The molecule has 2 aromatic rings. The topological polar surface area (TPSA) is 69.3 Å². The van der Waals surface area contributed by atoms with Crippen molar-refractivity contribution >= 4 is 17.5 Å². The average molecular weight is 362 g/mol. The third-order valence-corrected chi connectivity index (χ3v) is 5.96. The van der Waals surface area contributed by atoms with Gasteiger partial charge in [0.05, 0.1) is 6.07 Å². The number of carbonyl (C=O) groups excluding carboxylic acids is 2. The van der Waals surface area contributed by atoms with Crippen LogP contribution >= 0.6 is 0 Å². The lowest BCUT2D eigenvalue weighted by molar-refractivity contribution is -0.120. The van der Waals surface area contributed by atoms with Crippen LogP contribution in [0, 0.1) is 11.3 Å². The van der Waals surface area contributed by atoms with Gasteiger partial charge >= 0.3 is 0 Å². The highest BCUT2D eigenvalue weighted by atomic mass is 16.2. The summed E-state index contributed by atoms with van der Waals surface area (Å²) < 4.78 is 1.84. The van der Waals surface area contributed by atoms with Gasteiger partial charge in [-0.3, -0.25) is 14.5 Å². The molecule has 4 rings (SSSR count). The zero-order valence-corrected chi connectivity index (χ0v) is 15.4. The van der Waals surface area contributed by atoms with Crippen LogP contribution in [0.25, 0.3) is 0 Å². The van der Waals surface area contributed by atoms with Crippen LogP contribution in [-0.4, -0.2) is 40.9 Å². The van der Waals surface area contributed by atoms with E-state index in [4.69, 9.17) is 5.26 Å². The summed E-state index contributed by atoms with van der Waals surface area (Å²) in [4.78, 5) is 29.0. The minimum atomic E-state index is -0.245. The van der Waals surface area contributed by atoms with Gasteiger partial charge in [-0.25, -0.2) is 0 Å². The number of aryl methyl sites for hydroxylation is 1. The van der Waals surface area contributed by atoms with Crippen LogP contribution in [0.5, 0.6) is 0 Å². The normalized spacial score (nSPS) is 18.3. The Labute approximate surface area is 158 Å². The van der Waals surface area contributed by atoms with Crippen molar-refractivity contribution in [2.75, 3.05) is 24.5 Å². The summed E-state index contributed by atoms with van der Waals surface area (Å²) >= 11 is 0. The second-order valence-corrected chi connectivity index (χ2v) is 7.41. The van der Waals surface area contributed by atoms with Crippen molar-refractivity contribution in [3.63, 3.8) is 0 Å². The van der Waals surface area contributed by atoms with Gasteiger partial charge in [-0.05, 0) is 36.6 Å². The predicted molar refractivity (Wildman–Crippen MR) is 101 cm³/mol. The fraction of sp³-hybridized carbons (Fsp3) is 0.381. The minimum Gasteiger partial charge on any atom is -0.347 e. The van der Waals surface area contributed by atoms with Gasteiger partial charge in [0.1, 0.15) is 12.2 Å². The number of carbonyl (C=O) groups is 2. The van der Waals surface area contributed by atoms with Crippen LogP contribution in [0.4, 0.5) is 5.69 Å². The van der Waals surface area contributed by atoms with Gasteiger partial charge in [0.25, 0.3) is 5.91 Å². The quantitative estimate of drug-likeness (QED) is 0.771. The molecule has 2 amide bonds. The van der Waals surface area contributed by atoms with E-state index in [9.17, 15) is 9.59 Å². The van der Waals surface area contributed by atoms with Crippen LogP contribution in [0.1, 0.15) is 35.3 Å². The highest BCUT2D eigenvalue weighted by Gasteiger charge is 2.45. The first kappa shape index (κ1) is 17.3. The van der Waals surface area contributed by atoms with Crippen molar-refractivity contribution in [2.24, 2.45) is 7.05 Å². The molecular weight excluding hydrogens is 340 g/mol. The standard InChI is InChI=1S/C21H22N4O2/c1-23-11-4-7-18(23)20(27)24-12-8-21(9-13-24)15-19(26)25(14-10-22)17-6-3-2-5-16(17)21/h2-7,11H,8-9,12-15H2,1H3. The number of aromatic nitrogens is 1. The summed E-state index contributed by atoms with van der Waals surface area (Å²) in [5.74, 6) is 0.0383. The molecular formula is C21H22N4O2. The van der Waals surface area contributed by atoms with Crippen LogP contribution in [0.15, 0.2) is 42.6 Å². The smallest absolute Gasteiger partial charge is 0.270 e. The Kier molecular flexibility index (Phi) is 4.23. The van der Waals surface area contributed by atoms with Gasteiger partial charge in [0.2, 0.25) is 5.91 Å². The largest absolute Gasteiger partial charge is 0.347 e. The van der Waals surface area contributed by atoms with Crippen molar-refractivity contribution in [3.05, 3.63) is 53.9 Å². The van der Waals surface area contributed by atoms with E-state index in [1.807, 2.05) is 53.0 Å². The maximum absolute atomic E-state index is 12.8. The molecule has 138 valence electrons. The maximum Gasteiger partial charge on any atom is 0.270 e. The molecule has 1 aromatic carbocycles. The fourth-order valence-electron chi connectivity index (χ4n) is 4.45. The first-order valence-electron chi connectivity index (χ1n) is 9.23. The number of hydrogen-bond acceptors (Lipinski definition) is 3. The first-order valence-corrected chi connectivity index (χ1v) is 9.23. The number of likely N-dealkylation sites (tertiary alicyclic amines) is 1. The second kappa shape index (κ2) is 6.58. The molecule has 0 N–H and O–H groups in total. The summed E-state index contributed by atoms with van der Waals surface area (Å²) in [5.41, 5.74) is 2.42. The number of nitriles is 1. The van der Waals surface area contributed by atoms with Crippen molar-refractivity contribution in [1.29, 1.82) is 5.26 Å². The second-order valence-electron chi connectivity index (χ2n) is 7.41. The number of para-hydroxylation sites is 1. The predicted octanol–water partition coefficient (Wildman–Crippen LogP) is 2.46. The van der Waals surface area contributed by atoms with E-state index < -0.39 is 0 Å². The molecule has 0 saturated carbocycles. The molecule has 27 heavy (non-hydrogen) atoms. The van der Waals surface area contributed by atoms with Crippen LogP contribution < -0.4 is 4.90 Å². The summed E-state index contributed by atoms with van der Waals surface area (Å²) in [5, 5.41) is 9.08. The molecule has 6 nitrogen and oxygen atoms in total. The van der Waals surface area contributed by atoms with Gasteiger partial charge < -0.3 is 9.47 Å². The van der Waals surface area contributed by atoms with Crippen LogP contribution in [-0.2, 0) is 17.3 Å². The zero-order valence-electron chi connectivity index (χ0n) is 15.4. The number of fused-ring (bicyclic) bond motifs is 2. The van der Waals surface area contributed by atoms with Gasteiger partial charge in [-0.15, -0.1) is 0 Å². The number of amides is 2. The van der Waals surface area contributed by atoms with Crippen LogP contribution in [0.2, 0.25) is 0 Å². The van der Waals surface area contributed by atoms with Gasteiger partial charge in [-0.1, -0.05) is 18.2 Å². The van der Waals surface area contributed by atoms with E-state index in [0.717, 1.165) is 24.1 Å². The van der Waals surface area contributed by atoms with E-state index in [2.05, 4.69) is 12.1 Å². The van der Waals surface area contributed by atoms with E-state index in [1.165, 1.54) is 0 Å². The van der Waals surface area contributed by atoms with Crippen LogP contribution in [0.3, 0.4) is 0 Å². The molecule has 1 saturated heterocycles. The molecule has 0 unspecified atom stereocenters. The molecule has 0 aliphatic carbocycles. The summed E-state index contributed by atoms with van der Waals surface area (Å²) in [7, 11) is 1.87. The van der Waals surface area contributed by atoms with E-state index in [1.54, 1.807) is 4.90 Å². The number of nitrogens with zero attached hydrogens (tertiary/aromatic N) is 4. The van der Waals surface area contributed by atoms with Gasteiger partial charge in [0, 0.05) is 43.9 Å². The highest BCUT2D eigenvalue weighted by Crippen LogP contribution is 2.46. The third-order valence-electron chi connectivity index (χ3n) is 5.96.